The van der Waals surface area contributed by atoms with Crippen LogP contribution in [0.5, 0.6) is 0 Å². The first kappa shape index (κ1) is 12.7. The molecule has 1 aromatic carbocycles. The summed E-state index contributed by atoms with van der Waals surface area (Å²) in [6.45, 7) is 1.50. The molecule has 0 aromatic heterocycles. The Bertz CT molecular complexity index is 474. The number of carbonyl (C=O) groups excluding carboxylic acids is 1. The number of fused-ring (bicyclic) bond motifs is 1. The summed E-state index contributed by atoms with van der Waals surface area (Å²) in [5, 5.41) is 0. The van der Waals surface area contributed by atoms with Gasteiger partial charge in [-0.3, -0.25) is 4.79 Å². The summed E-state index contributed by atoms with van der Waals surface area (Å²) in [6.07, 6.45) is 6.23. The summed E-state index contributed by atoms with van der Waals surface area (Å²) in [5.41, 5.74) is 8.39. The minimum Gasteiger partial charge on any atom is -0.330 e. The van der Waals surface area contributed by atoms with Gasteiger partial charge in [0.1, 0.15) is 0 Å². The Morgan fingerprint density at radius 3 is 2.74 bits per heavy atom. The molecule has 0 spiro atoms. The fourth-order valence-corrected chi connectivity index (χ4v) is 3.34. The van der Waals surface area contributed by atoms with Gasteiger partial charge < -0.3 is 10.6 Å². The van der Waals surface area contributed by atoms with Crippen molar-refractivity contribution in [3.8, 4) is 0 Å². The van der Waals surface area contributed by atoms with E-state index < -0.39 is 0 Å². The topological polar surface area (TPSA) is 46.3 Å². The molecule has 0 radical (unpaired) electrons. The number of nitrogens with two attached hydrogens (primary N) is 1. The fourth-order valence-electron chi connectivity index (χ4n) is 3.34. The summed E-state index contributed by atoms with van der Waals surface area (Å²) in [4.78, 5) is 14.6. The lowest BCUT2D eigenvalue weighted by molar-refractivity contribution is -0.122. The molecule has 1 amide bonds. The first-order valence-electron chi connectivity index (χ1n) is 7.32. The molecule has 0 bridgehead atoms. The quantitative estimate of drug-likeness (QED) is 0.905. The number of hydrogen-bond donors (Lipinski definition) is 1. The molecule has 0 saturated heterocycles. The van der Waals surface area contributed by atoms with Gasteiger partial charge in [-0.15, -0.1) is 0 Å². The van der Waals surface area contributed by atoms with Crippen LogP contribution in [0.15, 0.2) is 24.3 Å². The number of rotatable bonds is 3. The van der Waals surface area contributed by atoms with Crippen LogP contribution in [0.3, 0.4) is 0 Å². The largest absolute Gasteiger partial charge is 0.330 e. The summed E-state index contributed by atoms with van der Waals surface area (Å²) in [5.74, 6) is 0.261. The molecule has 1 heterocycles. The van der Waals surface area contributed by atoms with E-state index in [9.17, 15) is 4.79 Å². The molecule has 3 heteroatoms. The molecule has 1 aliphatic carbocycles. The normalized spacial score (nSPS) is 20.6. The van der Waals surface area contributed by atoms with Crippen LogP contribution in [0, 0.1) is 5.41 Å². The Balaban J connectivity index is 1.78. The van der Waals surface area contributed by atoms with Gasteiger partial charge in [-0.1, -0.05) is 24.6 Å². The van der Waals surface area contributed by atoms with Crippen LogP contribution in [0.25, 0.3) is 0 Å². The van der Waals surface area contributed by atoms with Crippen LogP contribution in [0.1, 0.15) is 37.7 Å². The zero-order valence-electron chi connectivity index (χ0n) is 11.4. The second-order valence-corrected chi connectivity index (χ2v) is 6.01. The van der Waals surface area contributed by atoms with Crippen molar-refractivity contribution < 1.29 is 4.79 Å². The lowest BCUT2D eigenvalue weighted by Gasteiger charge is -2.42. The Morgan fingerprint density at radius 1 is 1.26 bits per heavy atom. The van der Waals surface area contributed by atoms with Crippen molar-refractivity contribution in [1.29, 1.82) is 0 Å². The average Bonchev–Trinajstić information content (AvgIpc) is 2.42. The van der Waals surface area contributed by atoms with Crippen molar-refractivity contribution in [2.45, 2.75) is 38.5 Å². The molecule has 102 valence electrons. The highest BCUT2D eigenvalue weighted by atomic mass is 16.2. The van der Waals surface area contributed by atoms with Gasteiger partial charge in [-0.05, 0) is 49.3 Å². The molecule has 1 saturated carbocycles. The van der Waals surface area contributed by atoms with E-state index in [1.165, 1.54) is 12.0 Å². The Kier molecular flexibility index (Phi) is 3.31. The summed E-state index contributed by atoms with van der Waals surface area (Å²) in [7, 11) is 0. The smallest absolute Gasteiger partial charge is 0.227 e. The zero-order chi connectivity index (χ0) is 13.3. The van der Waals surface area contributed by atoms with Gasteiger partial charge >= 0.3 is 0 Å². The van der Waals surface area contributed by atoms with E-state index >= 15 is 0 Å². The third-order valence-corrected chi connectivity index (χ3v) is 4.78. The SMILES string of the molecule is NCC1(CC(=O)N2CCCc3ccccc32)CCC1. The Morgan fingerprint density at radius 2 is 2.05 bits per heavy atom. The van der Waals surface area contributed by atoms with Crippen molar-refractivity contribution in [3.63, 3.8) is 0 Å². The molecular weight excluding hydrogens is 236 g/mol. The molecule has 2 N–H and O–H groups in total. The number of carbonyl (C=O) groups is 1. The molecule has 1 aromatic rings. The molecule has 1 aliphatic heterocycles. The van der Waals surface area contributed by atoms with E-state index in [1.54, 1.807) is 0 Å². The predicted octanol–water partition coefficient (Wildman–Crippen LogP) is 2.48. The molecule has 0 unspecified atom stereocenters. The van der Waals surface area contributed by atoms with E-state index in [2.05, 4.69) is 18.2 Å². The lowest BCUT2D eigenvalue weighted by atomic mass is 9.66. The molecule has 19 heavy (non-hydrogen) atoms. The van der Waals surface area contributed by atoms with Gasteiger partial charge in [0, 0.05) is 18.7 Å². The van der Waals surface area contributed by atoms with E-state index in [1.807, 2.05) is 11.0 Å². The van der Waals surface area contributed by atoms with Gasteiger partial charge in [0.2, 0.25) is 5.91 Å². The van der Waals surface area contributed by atoms with Gasteiger partial charge in [0.15, 0.2) is 0 Å². The number of amides is 1. The van der Waals surface area contributed by atoms with Gasteiger partial charge in [0.25, 0.3) is 0 Å². The van der Waals surface area contributed by atoms with Gasteiger partial charge in [-0.25, -0.2) is 0 Å². The summed E-state index contributed by atoms with van der Waals surface area (Å²) < 4.78 is 0. The molecule has 3 nitrogen and oxygen atoms in total. The third kappa shape index (κ3) is 2.27. The maximum absolute atomic E-state index is 12.6. The van der Waals surface area contributed by atoms with Crippen molar-refractivity contribution in [2.75, 3.05) is 18.0 Å². The van der Waals surface area contributed by atoms with Crippen molar-refractivity contribution >= 4 is 11.6 Å². The number of anilines is 1. The van der Waals surface area contributed by atoms with Crippen LogP contribution in [-0.2, 0) is 11.2 Å². The maximum Gasteiger partial charge on any atom is 0.227 e. The first-order valence-corrected chi connectivity index (χ1v) is 7.32. The fraction of sp³-hybridized carbons (Fsp3) is 0.562. The molecular formula is C16H22N2O. The Hall–Kier alpha value is -1.35. The third-order valence-electron chi connectivity index (χ3n) is 4.78. The van der Waals surface area contributed by atoms with E-state index in [0.29, 0.717) is 13.0 Å². The molecule has 0 atom stereocenters. The molecule has 1 fully saturated rings. The second kappa shape index (κ2) is 4.97. The minimum atomic E-state index is 0.101. The van der Waals surface area contributed by atoms with Crippen LogP contribution >= 0.6 is 0 Å². The van der Waals surface area contributed by atoms with Gasteiger partial charge in [-0.2, -0.15) is 0 Å². The minimum absolute atomic E-state index is 0.101. The lowest BCUT2D eigenvalue weighted by Crippen LogP contribution is -2.44. The highest BCUT2D eigenvalue weighted by Crippen LogP contribution is 2.43. The number of para-hydroxylation sites is 1. The van der Waals surface area contributed by atoms with Crippen LogP contribution in [0.2, 0.25) is 0 Å². The highest BCUT2D eigenvalue weighted by molar-refractivity contribution is 5.95. The maximum atomic E-state index is 12.6. The summed E-state index contributed by atoms with van der Waals surface area (Å²) in [6, 6.07) is 8.28. The standard InChI is InChI=1S/C16H22N2O/c17-12-16(8-4-9-16)11-15(19)18-10-3-6-13-5-1-2-7-14(13)18/h1-2,5,7H,3-4,6,8-12,17H2. The van der Waals surface area contributed by atoms with Crippen LogP contribution in [-0.4, -0.2) is 19.0 Å². The van der Waals surface area contributed by atoms with Crippen LogP contribution < -0.4 is 10.6 Å². The van der Waals surface area contributed by atoms with Crippen molar-refractivity contribution in [2.24, 2.45) is 11.1 Å². The zero-order valence-corrected chi connectivity index (χ0v) is 11.4. The number of hydrogen-bond acceptors (Lipinski definition) is 2. The molecule has 3 rings (SSSR count). The Labute approximate surface area is 114 Å². The van der Waals surface area contributed by atoms with E-state index in [0.717, 1.165) is 37.9 Å². The average molecular weight is 258 g/mol. The first-order chi connectivity index (χ1) is 9.24. The summed E-state index contributed by atoms with van der Waals surface area (Å²) >= 11 is 0. The monoisotopic (exact) mass is 258 g/mol. The molecule has 2 aliphatic rings. The second-order valence-electron chi connectivity index (χ2n) is 6.01. The van der Waals surface area contributed by atoms with Crippen molar-refractivity contribution in [1.82, 2.24) is 0 Å². The van der Waals surface area contributed by atoms with E-state index in [-0.39, 0.29) is 11.3 Å². The van der Waals surface area contributed by atoms with Crippen LogP contribution in [0.4, 0.5) is 5.69 Å². The predicted molar refractivity (Wildman–Crippen MR) is 77.1 cm³/mol. The number of nitrogens with zero attached hydrogens (tertiary/aromatic N) is 1. The number of aryl methyl sites for hydroxylation is 1. The number of benzene rings is 1. The highest BCUT2D eigenvalue weighted by Gasteiger charge is 2.39. The van der Waals surface area contributed by atoms with Crippen molar-refractivity contribution in [3.05, 3.63) is 29.8 Å². The van der Waals surface area contributed by atoms with Gasteiger partial charge in [0.05, 0.1) is 0 Å². The van der Waals surface area contributed by atoms with E-state index in [4.69, 9.17) is 5.73 Å².